The van der Waals surface area contributed by atoms with Gasteiger partial charge in [-0.1, -0.05) is 29.8 Å². The van der Waals surface area contributed by atoms with Crippen LogP contribution in [0.5, 0.6) is 11.5 Å². The first kappa shape index (κ1) is 17.7. The first-order valence-electron chi connectivity index (χ1n) is 8.96. The lowest BCUT2D eigenvalue weighted by Crippen LogP contribution is -2.12. The molecule has 1 aliphatic carbocycles. The fourth-order valence-corrected chi connectivity index (χ4v) is 3.54. The molecule has 0 saturated heterocycles. The van der Waals surface area contributed by atoms with Crippen molar-refractivity contribution < 1.29 is 13.5 Å². The molecule has 1 fully saturated rings. The molecule has 132 valence electrons. The molecule has 25 heavy (non-hydrogen) atoms. The second kappa shape index (κ2) is 8.28. The number of ether oxygens (including phenoxy) is 1. The van der Waals surface area contributed by atoms with E-state index in [0.717, 1.165) is 43.3 Å². The van der Waals surface area contributed by atoms with E-state index in [4.69, 9.17) is 4.74 Å². The first-order valence-corrected chi connectivity index (χ1v) is 8.96. The molecule has 0 heterocycles. The Kier molecular flexibility index (Phi) is 5.85. The second-order valence-corrected chi connectivity index (χ2v) is 6.93. The molecule has 1 saturated carbocycles. The minimum Gasteiger partial charge on any atom is -0.457 e. The third kappa shape index (κ3) is 5.15. The quantitative estimate of drug-likeness (QED) is 0.557. The number of halogens is 2. The zero-order chi connectivity index (χ0) is 17.6. The summed E-state index contributed by atoms with van der Waals surface area (Å²) in [5.41, 5.74) is 2.53. The van der Waals surface area contributed by atoms with Gasteiger partial charge in [-0.3, -0.25) is 0 Å². The van der Waals surface area contributed by atoms with Gasteiger partial charge in [-0.2, -0.15) is 8.78 Å². The average molecular weight is 342 g/mol. The molecule has 0 aliphatic heterocycles. The van der Waals surface area contributed by atoms with Crippen molar-refractivity contribution in [2.24, 2.45) is 5.92 Å². The van der Waals surface area contributed by atoms with Gasteiger partial charge in [0.05, 0.1) is 0 Å². The minimum atomic E-state index is -1.55. The molecule has 0 radical (unpaired) electrons. The third-order valence-corrected chi connectivity index (χ3v) is 5.06. The monoisotopic (exact) mass is 342 g/mol. The number of aryl methyl sites for hydroxylation is 1. The summed E-state index contributed by atoms with van der Waals surface area (Å²) in [4.78, 5) is 0. The molecule has 3 rings (SSSR count). The van der Waals surface area contributed by atoms with Crippen molar-refractivity contribution in [3.8, 4) is 11.5 Å². The van der Waals surface area contributed by atoms with E-state index in [-0.39, 0.29) is 0 Å². The molecule has 2 aromatic rings. The molecule has 0 spiro atoms. The van der Waals surface area contributed by atoms with E-state index in [1.165, 1.54) is 11.1 Å². The molecule has 0 atom stereocenters. The van der Waals surface area contributed by atoms with Gasteiger partial charge in [0.1, 0.15) is 11.5 Å². The van der Waals surface area contributed by atoms with Crippen LogP contribution < -0.4 is 4.74 Å². The minimum absolute atomic E-state index is 0.405. The number of rotatable bonds is 5. The average Bonchev–Trinajstić information content (AvgIpc) is 2.63. The van der Waals surface area contributed by atoms with E-state index in [9.17, 15) is 8.78 Å². The summed E-state index contributed by atoms with van der Waals surface area (Å²) in [6.45, 7) is 2.05. The van der Waals surface area contributed by atoms with Gasteiger partial charge >= 0.3 is 0 Å². The molecule has 0 unspecified atom stereocenters. The Morgan fingerprint density at radius 3 is 2.04 bits per heavy atom. The highest BCUT2D eigenvalue weighted by molar-refractivity contribution is 5.35. The van der Waals surface area contributed by atoms with Gasteiger partial charge in [-0.25, -0.2) is 0 Å². The summed E-state index contributed by atoms with van der Waals surface area (Å²) in [7, 11) is 0. The Hall–Kier alpha value is -2.16. The van der Waals surface area contributed by atoms with Crippen molar-refractivity contribution in [1.29, 1.82) is 0 Å². The fourth-order valence-electron chi connectivity index (χ4n) is 3.54. The van der Waals surface area contributed by atoms with Gasteiger partial charge in [-0.05, 0) is 86.8 Å². The summed E-state index contributed by atoms with van der Waals surface area (Å²) in [6.07, 6.45) is 4.23. The van der Waals surface area contributed by atoms with Crippen LogP contribution >= 0.6 is 0 Å². The van der Waals surface area contributed by atoms with E-state index in [1.54, 1.807) is 0 Å². The van der Waals surface area contributed by atoms with E-state index in [1.807, 2.05) is 36.4 Å². The molecule has 0 aromatic heterocycles. The predicted molar refractivity (Wildman–Crippen MR) is 97.3 cm³/mol. The molecular weight excluding hydrogens is 318 g/mol. The molecule has 1 aliphatic rings. The second-order valence-electron chi connectivity index (χ2n) is 6.93. The highest BCUT2D eigenvalue weighted by Crippen LogP contribution is 2.38. The molecular formula is C22H24F2O. The van der Waals surface area contributed by atoms with Crippen LogP contribution in [0.15, 0.2) is 60.7 Å². The molecule has 0 bridgehead atoms. The normalized spacial score (nSPS) is 20.1. The van der Waals surface area contributed by atoms with Gasteiger partial charge in [0.2, 0.25) is 0 Å². The Morgan fingerprint density at radius 2 is 1.48 bits per heavy atom. The SMILES string of the molecule is Cc1ccc(Oc2ccc(C3CCC(CC=C(F)F)CC3)cc2)cc1. The van der Waals surface area contributed by atoms with Crippen LogP contribution in [0.2, 0.25) is 0 Å². The number of benzene rings is 2. The van der Waals surface area contributed by atoms with Gasteiger partial charge in [0.25, 0.3) is 6.08 Å². The zero-order valence-corrected chi connectivity index (χ0v) is 14.6. The van der Waals surface area contributed by atoms with E-state index in [0.29, 0.717) is 18.3 Å². The molecule has 0 N–H and O–H groups in total. The lowest BCUT2D eigenvalue weighted by Gasteiger charge is -2.28. The van der Waals surface area contributed by atoms with Crippen molar-refractivity contribution in [3.05, 3.63) is 71.8 Å². The molecule has 0 amide bonds. The van der Waals surface area contributed by atoms with Crippen LogP contribution in [0.1, 0.15) is 49.1 Å². The van der Waals surface area contributed by atoms with Crippen LogP contribution in [0.3, 0.4) is 0 Å². The van der Waals surface area contributed by atoms with Gasteiger partial charge in [0, 0.05) is 0 Å². The summed E-state index contributed by atoms with van der Waals surface area (Å²) >= 11 is 0. The lowest BCUT2D eigenvalue weighted by atomic mass is 9.77. The Balaban J connectivity index is 1.54. The summed E-state index contributed by atoms with van der Waals surface area (Å²) in [5.74, 6) is 2.61. The predicted octanol–water partition coefficient (Wildman–Crippen LogP) is 7.23. The van der Waals surface area contributed by atoms with Crippen molar-refractivity contribution in [3.63, 3.8) is 0 Å². The number of allylic oxidation sites excluding steroid dienone is 1. The largest absolute Gasteiger partial charge is 0.457 e. The lowest BCUT2D eigenvalue weighted by molar-refractivity contribution is 0.322. The standard InChI is InChI=1S/C22H24F2O/c1-16-2-11-20(12-3-16)25-21-13-9-19(10-14-21)18-7-4-17(5-8-18)6-15-22(23)24/h2-3,9-15,17-18H,4-8H2,1H3. The Morgan fingerprint density at radius 1 is 0.920 bits per heavy atom. The maximum Gasteiger partial charge on any atom is 0.266 e. The Labute approximate surface area is 148 Å². The Bertz CT molecular complexity index is 692. The van der Waals surface area contributed by atoms with Gasteiger partial charge < -0.3 is 4.74 Å². The first-order chi connectivity index (χ1) is 12.1. The van der Waals surface area contributed by atoms with Crippen LogP contribution in [-0.2, 0) is 0 Å². The zero-order valence-electron chi connectivity index (χ0n) is 14.6. The highest BCUT2D eigenvalue weighted by Gasteiger charge is 2.22. The van der Waals surface area contributed by atoms with Crippen molar-refractivity contribution in [1.82, 2.24) is 0 Å². The maximum atomic E-state index is 12.2. The summed E-state index contributed by atoms with van der Waals surface area (Å²) in [6, 6.07) is 16.3. The topological polar surface area (TPSA) is 9.23 Å². The summed E-state index contributed by atoms with van der Waals surface area (Å²) < 4.78 is 30.3. The molecule has 2 aromatic carbocycles. The van der Waals surface area contributed by atoms with Crippen LogP contribution in [0.25, 0.3) is 0 Å². The van der Waals surface area contributed by atoms with Crippen LogP contribution in [0.4, 0.5) is 8.78 Å². The van der Waals surface area contributed by atoms with E-state index < -0.39 is 6.08 Å². The van der Waals surface area contributed by atoms with Gasteiger partial charge in [0.15, 0.2) is 0 Å². The van der Waals surface area contributed by atoms with Crippen molar-refractivity contribution in [2.45, 2.75) is 44.9 Å². The maximum absolute atomic E-state index is 12.2. The van der Waals surface area contributed by atoms with Gasteiger partial charge in [-0.15, -0.1) is 0 Å². The highest BCUT2D eigenvalue weighted by atomic mass is 19.3. The molecule has 3 heteroatoms. The van der Waals surface area contributed by atoms with E-state index in [2.05, 4.69) is 19.1 Å². The van der Waals surface area contributed by atoms with E-state index >= 15 is 0 Å². The number of hydrogen-bond acceptors (Lipinski definition) is 1. The van der Waals surface area contributed by atoms with Crippen molar-refractivity contribution in [2.75, 3.05) is 0 Å². The van der Waals surface area contributed by atoms with Crippen molar-refractivity contribution >= 4 is 0 Å². The molecule has 1 nitrogen and oxygen atoms in total. The smallest absolute Gasteiger partial charge is 0.266 e. The summed E-state index contributed by atoms with van der Waals surface area (Å²) in [5, 5.41) is 0. The third-order valence-electron chi connectivity index (χ3n) is 5.06. The van der Waals surface area contributed by atoms with Crippen LogP contribution in [0, 0.1) is 12.8 Å². The van der Waals surface area contributed by atoms with Crippen LogP contribution in [-0.4, -0.2) is 0 Å². The number of hydrogen-bond donors (Lipinski definition) is 0. The fraction of sp³-hybridized carbons (Fsp3) is 0.364.